The molecule has 0 radical (unpaired) electrons. The van der Waals surface area contributed by atoms with Gasteiger partial charge in [0, 0.05) is 17.2 Å². The first-order valence-corrected chi connectivity index (χ1v) is 6.81. The van der Waals surface area contributed by atoms with Crippen molar-refractivity contribution in [2.75, 3.05) is 0 Å². The van der Waals surface area contributed by atoms with Crippen molar-refractivity contribution in [3.05, 3.63) is 65.0 Å². The van der Waals surface area contributed by atoms with Crippen molar-refractivity contribution < 1.29 is 4.39 Å². The second-order valence-corrected chi connectivity index (χ2v) is 5.15. The fourth-order valence-electron chi connectivity index (χ4n) is 1.73. The summed E-state index contributed by atoms with van der Waals surface area (Å²) in [5, 5.41) is 8.80. The first kappa shape index (κ1) is 13.6. The topological polar surface area (TPSA) is 49.8 Å². The van der Waals surface area contributed by atoms with Gasteiger partial charge in [-0.25, -0.2) is 4.39 Å². The SMILES string of the molecule is N#Cc1cc(F)cc(CSc2cccc(CN)c2)c1. The molecular formula is C15H13FN2S. The van der Waals surface area contributed by atoms with E-state index in [2.05, 4.69) is 0 Å². The Morgan fingerprint density at radius 2 is 2.00 bits per heavy atom. The molecule has 0 spiro atoms. The molecule has 0 aliphatic rings. The number of nitriles is 1. The molecule has 4 heteroatoms. The van der Waals surface area contributed by atoms with E-state index in [0.29, 0.717) is 17.9 Å². The number of hydrogen-bond acceptors (Lipinski definition) is 3. The molecule has 0 aromatic heterocycles. The lowest BCUT2D eigenvalue weighted by atomic mass is 10.1. The Labute approximate surface area is 116 Å². The van der Waals surface area contributed by atoms with E-state index in [1.807, 2.05) is 30.3 Å². The van der Waals surface area contributed by atoms with Crippen molar-refractivity contribution in [1.29, 1.82) is 5.26 Å². The molecule has 0 atom stereocenters. The molecule has 2 aromatic carbocycles. The molecule has 19 heavy (non-hydrogen) atoms. The van der Waals surface area contributed by atoms with Crippen LogP contribution in [0.1, 0.15) is 16.7 Å². The van der Waals surface area contributed by atoms with Crippen LogP contribution >= 0.6 is 11.8 Å². The van der Waals surface area contributed by atoms with Crippen LogP contribution in [-0.2, 0) is 12.3 Å². The highest BCUT2D eigenvalue weighted by Crippen LogP contribution is 2.24. The molecular weight excluding hydrogens is 259 g/mol. The molecule has 0 amide bonds. The molecule has 0 fully saturated rings. The number of nitrogens with zero attached hydrogens (tertiary/aromatic N) is 1. The van der Waals surface area contributed by atoms with Crippen LogP contribution in [0.3, 0.4) is 0 Å². The summed E-state index contributed by atoms with van der Waals surface area (Å²) in [6, 6.07) is 14.3. The minimum absolute atomic E-state index is 0.353. The maximum atomic E-state index is 13.3. The van der Waals surface area contributed by atoms with Crippen LogP contribution in [0.5, 0.6) is 0 Å². The molecule has 2 nitrogen and oxygen atoms in total. The molecule has 0 bridgehead atoms. The number of thioether (sulfide) groups is 1. The molecule has 0 saturated carbocycles. The predicted octanol–water partition coefficient (Wildman–Crippen LogP) is 3.45. The largest absolute Gasteiger partial charge is 0.326 e. The van der Waals surface area contributed by atoms with E-state index in [1.165, 1.54) is 12.1 Å². The van der Waals surface area contributed by atoms with Crippen molar-refractivity contribution in [3.63, 3.8) is 0 Å². The highest BCUT2D eigenvalue weighted by Gasteiger charge is 2.02. The second-order valence-electron chi connectivity index (χ2n) is 4.10. The van der Waals surface area contributed by atoms with Gasteiger partial charge in [-0.15, -0.1) is 11.8 Å². The van der Waals surface area contributed by atoms with Crippen molar-refractivity contribution >= 4 is 11.8 Å². The van der Waals surface area contributed by atoms with E-state index in [9.17, 15) is 4.39 Å². The Bertz CT molecular complexity index is 620. The standard InChI is InChI=1S/C15H13FN2S/c16-14-5-12(9-18)4-13(6-14)10-19-15-3-1-2-11(7-15)8-17/h1-7H,8,10,17H2. The van der Waals surface area contributed by atoms with Crippen LogP contribution < -0.4 is 5.73 Å². The molecule has 0 aliphatic carbocycles. The Hall–Kier alpha value is -1.83. The number of hydrogen-bond donors (Lipinski definition) is 1. The smallest absolute Gasteiger partial charge is 0.124 e. The second kappa shape index (κ2) is 6.37. The number of benzene rings is 2. The van der Waals surface area contributed by atoms with Gasteiger partial charge < -0.3 is 5.73 Å². The molecule has 0 unspecified atom stereocenters. The minimum atomic E-state index is -0.370. The first-order chi connectivity index (χ1) is 9.21. The van der Waals surface area contributed by atoms with Crippen LogP contribution in [0.25, 0.3) is 0 Å². The molecule has 96 valence electrons. The Kier molecular flexibility index (Phi) is 4.56. The van der Waals surface area contributed by atoms with Gasteiger partial charge in [-0.1, -0.05) is 12.1 Å². The van der Waals surface area contributed by atoms with E-state index in [4.69, 9.17) is 11.0 Å². The summed E-state index contributed by atoms with van der Waals surface area (Å²) >= 11 is 1.60. The summed E-state index contributed by atoms with van der Waals surface area (Å²) in [6.45, 7) is 0.507. The maximum absolute atomic E-state index is 13.3. The fraction of sp³-hybridized carbons (Fsp3) is 0.133. The van der Waals surface area contributed by atoms with Gasteiger partial charge in [0.05, 0.1) is 11.6 Å². The monoisotopic (exact) mass is 272 g/mol. The zero-order valence-electron chi connectivity index (χ0n) is 10.3. The lowest BCUT2D eigenvalue weighted by Gasteiger charge is -2.05. The summed E-state index contributed by atoms with van der Waals surface area (Å²) in [5.74, 6) is 0.255. The summed E-state index contributed by atoms with van der Waals surface area (Å²) < 4.78 is 13.3. The van der Waals surface area contributed by atoms with E-state index in [0.717, 1.165) is 16.0 Å². The molecule has 2 rings (SSSR count). The first-order valence-electron chi connectivity index (χ1n) is 5.82. The average molecular weight is 272 g/mol. The zero-order chi connectivity index (χ0) is 13.7. The van der Waals surface area contributed by atoms with Crippen LogP contribution in [0.2, 0.25) is 0 Å². The van der Waals surface area contributed by atoms with Crippen LogP contribution in [0.15, 0.2) is 47.4 Å². The van der Waals surface area contributed by atoms with Crippen molar-refractivity contribution in [2.45, 2.75) is 17.2 Å². The van der Waals surface area contributed by atoms with Crippen molar-refractivity contribution in [3.8, 4) is 6.07 Å². The molecule has 0 aliphatic heterocycles. The van der Waals surface area contributed by atoms with Gasteiger partial charge in [-0.05, 0) is 41.5 Å². The third-order valence-corrected chi connectivity index (χ3v) is 3.69. The quantitative estimate of drug-likeness (QED) is 0.867. The Balaban J connectivity index is 2.10. The van der Waals surface area contributed by atoms with Gasteiger partial charge in [0.25, 0.3) is 0 Å². The lowest BCUT2D eigenvalue weighted by molar-refractivity contribution is 0.626. The normalized spacial score (nSPS) is 10.2. The number of halogens is 1. The summed E-state index contributed by atoms with van der Waals surface area (Å²) in [5.41, 5.74) is 7.82. The van der Waals surface area contributed by atoms with Gasteiger partial charge in [0.1, 0.15) is 5.82 Å². The molecule has 0 heterocycles. The lowest BCUT2D eigenvalue weighted by Crippen LogP contribution is -1.95. The van der Waals surface area contributed by atoms with Crippen LogP contribution in [0, 0.1) is 17.1 Å². The summed E-state index contributed by atoms with van der Waals surface area (Å²) in [7, 11) is 0. The third-order valence-electron chi connectivity index (χ3n) is 2.63. The van der Waals surface area contributed by atoms with Gasteiger partial charge >= 0.3 is 0 Å². The molecule has 2 N–H and O–H groups in total. The van der Waals surface area contributed by atoms with Crippen molar-refractivity contribution in [1.82, 2.24) is 0 Å². The molecule has 0 saturated heterocycles. The maximum Gasteiger partial charge on any atom is 0.124 e. The van der Waals surface area contributed by atoms with Crippen molar-refractivity contribution in [2.24, 2.45) is 5.73 Å². The van der Waals surface area contributed by atoms with Gasteiger partial charge in [-0.2, -0.15) is 5.26 Å². The highest BCUT2D eigenvalue weighted by molar-refractivity contribution is 7.98. The van der Waals surface area contributed by atoms with Gasteiger partial charge in [0.15, 0.2) is 0 Å². The zero-order valence-corrected chi connectivity index (χ0v) is 11.1. The van der Waals surface area contributed by atoms with Gasteiger partial charge in [0.2, 0.25) is 0 Å². The number of rotatable bonds is 4. The summed E-state index contributed by atoms with van der Waals surface area (Å²) in [6.07, 6.45) is 0. The Morgan fingerprint density at radius 3 is 2.74 bits per heavy atom. The fourth-order valence-corrected chi connectivity index (χ4v) is 2.64. The number of nitrogens with two attached hydrogens (primary N) is 1. The predicted molar refractivity (Wildman–Crippen MR) is 75.0 cm³/mol. The average Bonchev–Trinajstić information content (AvgIpc) is 2.44. The van der Waals surface area contributed by atoms with Gasteiger partial charge in [-0.3, -0.25) is 0 Å². The van der Waals surface area contributed by atoms with E-state index in [-0.39, 0.29) is 5.82 Å². The van der Waals surface area contributed by atoms with E-state index >= 15 is 0 Å². The van der Waals surface area contributed by atoms with E-state index in [1.54, 1.807) is 17.8 Å². The van der Waals surface area contributed by atoms with Crippen LogP contribution in [-0.4, -0.2) is 0 Å². The Morgan fingerprint density at radius 1 is 1.16 bits per heavy atom. The minimum Gasteiger partial charge on any atom is -0.326 e. The third kappa shape index (κ3) is 3.82. The van der Waals surface area contributed by atoms with E-state index < -0.39 is 0 Å². The van der Waals surface area contributed by atoms with Crippen LogP contribution in [0.4, 0.5) is 4.39 Å². The highest BCUT2D eigenvalue weighted by atomic mass is 32.2. The molecule has 2 aromatic rings. The summed E-state index contributed by atoms with van der Waals surface area (Å²) in [4.78, 5) is 1.09.